The fourth-order valence-corrected chi connectivity index (χ4v) is 4.32. The van der Waals surface area contributed by atoms with Gasteiger partial charge in [-0.15, -0.1) is 0 Å². The molecule has 3 heterocycles. The summed E-state index contributed by atoms with van der Waals surface area (Å²) in [7, 11) is 0. The highest BCUT2D eigenvalue weighted by Crippen LogP contribution is 2.45. The van der Waals surface area contributed by atoms with Crippen LogP contribution in [0.25, 0.3) is 0 Å². The summed E-state index contributed by atoms with van der Waals surface area (Å²) in [6.45, 7) is 3.03. The van der Waals surface area contributed by atoms with Gasteiger partial charge in [0.1, 0.15) is 5.60 Å². The van der Waals surface area contributed by atoms with Crippen LogP contribution in [0, 0.1) is 6.92 Å². The lowest BCUT2D eigenvalue weighted by Crippen LogP contribution is -2.49. The van der Waals surface area contributed by atoms with Crippen molar-refractivity contribution < 1.29 is 5.11 Å². The highest BCUT2D eigenvalue weighted by molar-refractivity contribution is 5.22. The molecule has 2 bridgehead atoms. The van der Waals surface area contributed by atoms with Crippen molar-refractivity contribution in [3.8, 4) is 0 Å². The first kappa shape index (κ1) is 14.9. The van der Waals surface area contributed by atoms with Gasteiger partial charge in [-0.05, 0) is 49.8 Å². The quantitative estimate of drug-likeness (QED) is 0.944. The molecule has 3 nitrogen and oxygen atoms in total. The van der Waals surface area contributed by atoms with Gasteiger partial charge in [0.05, 0.1) is 5.69 Å². The largest absolute Gasteiger partial charge is 0.383 e. The highest BCUT2D eigenvalue weighted by atomic mass is 16.3. The van der Waals surface area contributed by atoms with Crippen LogP contribution < -0.4 is 0 Å². The van der Waals surface area contributed by atoms with E-state index >= 15 is 0 Å². The highest BCUT2D eigenvalue weighted by Gasteiger charge is 2.48. The average molecular weight is 308 g/mol. The van der Waals surface area contributed by atoms with Crippen LogP contribution in [0.5, 0.6) is 0 Å². The number of aliphatic hydroxyl groups is 1. The van der Waals surface area contributed by atoms with Crippen molar-refractivity contribution in [3.05, 3.63) is 65.5 Å². The normalized spacial score (nSPS) is 30.5. The summed E-state index contributed by atoms with van der Waals surface area (Å²) in [6.07, 6.45) is 5.84. The minimum Gasteiger partial charge on any atom is -0.383 e. The maximum atomic E-state index is 11.2. The Morgan fingerprint density at radius 2 is 1.78 bits per heavy atom. The van der Waals surface area contributed by atoms with Gasteiger partial charge >= 0.3 is 0 Å². The molecule has 2 aliphatic heterocycles. The Morgan fingerprint density at radius 1 is 1.09 bits per heavy atom. The van der Waals surface area contributed by atoms with E-state index < -0.39 is 5.60 Å². The van der Waals surface area contributed by atoms with Crippen LogP contribution in [-0.4, -0.2) is 27.1 Å². The van der Waals surface area contributed by atoms with E-state index in [1.54, 1.807) is 0 Å². The van der Waals surface area contributed by atoms with Gasteiger partial charge in [-0.3, -0.25) is 9.88 Å². The van der Waals surface area contributed by atoms with E-state index in [2.05, 4.69) is 46.3 Å². The summed E-state index contributed by atoms with van der Waals surface area (Å²) >= 11 is 0. The fourth-order valence-electron chi connectivity index (χ4n) is 4.32. The lowest BCUT2D eigenvalue weighted by molar-refractivity contribution is -0.0623. The Morgan fingerprint density at radius 3 is 2.39 bits per heavy atom. The summed E-state index contributed by atoms with van der Waals surface area (Å²) in [5, 5.41) is 11.2. The SMILES string of the molecule is Cc1ccc(C2(O)CC3CCC(C2)N3Cc2ccccc2)nc1. The van der Waals surface area contributed by atoms with E-state index in [-0.39, 0.29) is 0 Å². The van der Waals surface area contributed by atoms with Crippen LogP contribution in [0.3, 0.4) is 0 Å². The van der Waals surface area contributed by atoms with Crippen LogP contribution in [0.1, 0.15) is 42.5 Å². The van der Waals surface area contributed by atoms with Crippen LogP contribution >= 0.6 is 0 Å². The summed E-state index contributed by atoms with van der Waals surface area (Å²) in [5.74, 6) is 0. The number of nitrogens with zero attached hydrogens (tertiary/aromatic N) is 2. The first-order valence-electron chi connectivity index (χ1n) is 8.59. The van der Waals surface area contributed by atoms with Crippen LogP contribution in [0.15, 0.2) is 48.7 Å². The molecule has 2 aromatic rings. The molecule has 0 saturated carbocycles. The maximum Gasteiger partial charge on any atom is 0.109 e. The van der Waals surface area contributed by atoms with E-state index in [1.807, 2.05) is 19.2 Å². The second kappa shape index (κ2) is 5.73. The first-order chi connectivity index (χ1) is 11.1. The van der Waals surface area contributed by atoms with Crippen molar-refractivity contribution in [3.63, 3.8) is 0 Å². The fraction of sp³-hybridized carbons (Fsp3) is 0.450. The number of piperidine rings is 1. The van der Waals surface area contributed by atoms with Gasteiger partial charge in [0, 0.05) is 24.8 Å². The predicted molar refractivity (Wildman–Crippen MR) is 90.9 cm³/mol. The second-order valence-corrected chi connectivity index (χ2v) is 7.20. The standard InChI is InChI=1S/C20H24N2O/c1-15-7-10-19(21-13-15)20(23)11-17-8-9-18(12-20)22(17)14-16-5-3-2-4-6-16/h2-7,10,13,17-18,23H,8-9,11-12,14H2,1H3. The Balaban J connectivity index is 1.54. The lowest BCUT2D eigenvalue weighted by atomic mass is 9.83. The van der Waals surface area contributed by atoms with E-state index in [0.717, 1.165) is 30.6 Å². The second-order valence-electron chi connectivity index (χ2n) is 7.20. The zero-order chi connectivity index (χ0) is 15.9. The average Bonchev–Trinajstić information content (AvgIpc) is 2.80. The van der Waals surface area contributed by atoms with Gasteiger partial charge < -0.3 is 5.11 Å². The number of rotatable bonds is 3. The van der Waals surface area contributed by atoms with E-state index in [1.165, 1.54) is 18.4 Å². The van der Waals surface area contributed by atoms with Crippen LogP contribution in [0.2, 0.25) is 0 Å². The Hall–Kier alpha value is -1.71. The molecule has 3 heteroatoms. The number of aromatic nitrogens is 1. The van der Waals surface area contributed by atoms with Crippen molar-refractivity contribution in [1.82, 2.24) is 9.88 Å². The lowest BCUT2D eigenvalue weighted by Gasteiger charge is -2.43. The molecule has 2 atom stereocenters. The smallest absolute Gasteiger partial charge is 0.109 e. The van der Waals surface area contributed by atoms with Crippen molar-refractivity contribution in [2.24, 2.45) is 0 Å². The zero-order valence-corrected chi connectivity index (χ0v) is 13.7. The summed E-state index contributed by atoms with van der Waals surface area (Å²) in [5.41, 5.74) is 2.59. The number of pyridine rings is 1. The molecule has 0 aliphatic carbocycles. The minimum absolute atomic E-state index is 0.460. The molecule has 4 rings (SSSR count). The van der Waals surface area contributed by atoms with Gasteiger partial charge in [-0.25, -0.2) is 0 Å². The summed E-state index contributed by atoms with van der Waals surface area (Å²) < 4.78 is 0. The monoisotopic (exact) mass is 308 g/mol. The number of benzene rings is 1. The predicted octanol–water partition coefficient (Wildman–Crippen LogP) is 3.40. The number of hydrogen-bond donors (Lipinski definition) is 1. The molecule has 0 radical (unpaired) electrons. The summed E-state index contributed by atoms with van der Waals surface area (Å²) in [4.78, 5) is 7.11. The zero-order valence-electron chi connectivity index (χ0n) is 13.7. The molecule has 23 heavy (non-hydrogen) atoms. The van der Waals surface area contributed by atoms with Crippen molar-refractivity contribution in [2.75, 3.05) is 0 Å². The summed E-state index contributed by atoms with van der Waals surface area (Å²) in [6, 6.07) is 15.6. The van der Waals surface area contributed by atoms with Gasteiger partial charge in [0.2, 0.25) is 0 Å². The Bertz CT molecular complexity index is 654. The molecule has 1 aromatic carbocycles. The number of fused-ring (bicyclic) bond motifs is 2. The van der Waals surface area contributed by atoms with Gasteiger partial charge in [-0.1, -0.05) is 36.4 Å². The van der Waals surface area contributed by atoms with E-state index in [9.17, 15) is 5.11 Å². The number of aryl methyl sites for hydroxylation is 1. The molecule has 1 aromatic heterocycles. The molecule has 2 aliphatic rings. The van der Waals surface area contributed by atoms with Crippen molar-refractivity contribution in [2.45, 2.75) is 56.8 Å². The molecular formula is C20H24N2O. The van der Waals surface area contributed by atoms with Gasteiger partial charge in [0.15, 0.2) is 0 Å². The Kier molecular flexibility index (Phi) is 3.70. The third-order valence-corrected chi connectivity index (χ3v) is 5.51. The van der Waals surface area contributed by atoms with Crippen molar-refractivity contribution in [1.29, 1.82) is 0 Å². The van der Waals surface area contributed by atoms with E-state index in [4.69, 9.17) is 0 Å². The molecule has 1 N–H and O–H groups in total. The molecule has 0 spiro atoms. The molecule has 2 unspecified atom stereocenters. The third-order valence-electron chi connectivity index (χ3n) is 5.51. The van der Waals surface area contributed by atoms with Crippen molar-refractivity contribution >= 4 is 0 Å². The third kappa shape index (κ3) is 2.79. The van der Waals surface area contributed by atoms with Crippen LogP contribution in [-0.2, 0) is 12.1 Å². The topological polar surface area (TPSA) is 36.4 Å². The molecule has 120 valence electrons. The number of hydrogen-bond acceptors (Lipinski definition) is 3. The van der Waals surface area contributed by atoms with E-state index in [0.29, 0.717) is 12.1 Å². The maximum absolute atomic E-state index is 11.2. The molecule has 2 saturated heterocycles. The van der Waals surface area contributed by atoms with Gasteiger partial charge in [0.25, 0.3) is 0 Å². The molecule has 0 amide bonds. The van der Waals surface area contributed by atoms with Gasteiger partial charge in [-0.2, -0.15) is 0 Å². The Labute approximate surface area is 138 Å². The van der Waals surface area contributed by atoms with Crippen LogP contribution in [0.4, 0.5) is 0 Å². The first-order valence-corrected chi connectivity index (χ1v) is 8.59. The minimum atomic E-state index is -0.757. The molecular weight excluding hydrogens is 284 g/mol. The molecule has 2 fully saturated rings.